The average molecular weight is 465 g/mol. The van der Waals surface area contributed by atoms with Crippen molar-refractivity contribution < 1.29 is 0 Å². The molecule has 0 amide bonds. The van der Waals surface area contributed by atoms with E-state index in [0.717, 1.165) is 6.42 Å². The highest BCUT2D eigenvalue weighted by Crippen LogP contribution is 2.63. The summed E-state index contributed by atoms with van der Waals surface area (Å²) in [5, 5.41) is 1.40. The predicted octanol–water partition coefficient (Wildman–Crippen LogP) is 6.51. The van der Waals surface area contributed by atoms with Gasteiger partial charge in [0.15, 0.2) is 0 Å². The molecule has 1 aromatic heterocycles. The van der Waals surface area contributed by atoms with E-state index in [1.54, 1.807) is 22.2 Å². The molecule has 3 aliphatic heterocycles. The average Bonchev–Trinajstić information content (AvgIpc) is 3.45. The topological polar surface area (TPSA) is 3.24 Å². The van der Waals surface area contributed by atoms with Gasteiger partial charge in [0.2, 0.25) is 6.71 Å². The van der Waals surface area contributed by atoms with Gasteiger partial charge in [0.25, 0.3) is 0 Å². The molecule has 3 unspecified atom stereocenters. The van der Waals surface area contributed by atoms with Crippen LogP contribution in [0.15, 0.2) is 102 Å². The van der Waals surface area contributed by atoms with E-state index in [1.165, 1.54) is 42.8 Å². The maximum absolute atomic E-state index is 2.75. The van der Waals surface area contributed by atoms with Crippen LogP contribution in [0.5, 0.6) is 0 Å². The number of hydrogen-bond acceptors (Lipinski definition) is 2. The summed E-state index contributed by atoms with van der Waals surface area (Å²) in [5.41, 5.74) is 13.8. The van der Waals surface area contributed by atoms with E-state index in [-0.39, 0.29) is 5.41 Å². The fourth-order valence-corrected chi connectivity index (χ4v) is 9.52. The molecular weight excluding hydrogens is 441 g/mol. The van der Waals surface area contributed by atoms with E-state index in [1.807, 2.05) is 11.3 Å². The third-order valence-corrected chi connectivity index (χ3v) is 10.8. The van der Waals surface area contributed by atoms with Crippen LogP contribution in [0.4, 0.5) is 11.4 Å². The molecule has 5 aliphatic rings. The molecule has 3 heteroatoms. The zero-order chi connectivity index (χ0) is 23.1. The van der Waals surface area contributed by atoms with Crippen LogP contribution in [0.3, 0.4) is 0 Å². The highest BCUT2D eigenvalue weighted by molar-refractivity contribution is 7.20. The Morgan fingerprint density at radius 2 is 1.71 bits per heavy atom. The van der Waals surface area contributed by atoms with Crippen LogP contribution in [0.1, 0.15) is 30.7 Å². The molecule has 9 rings (SSSR count). The van der Waals surface area contributed by atoms with Gasteiger partial charge in [-0.05, 0) is 47.6 Å². The smallest absolute Gasteiger partial charge is 0.243 e. The first kappa shape index (κ1) is 19.0. The second-order valence-corrected chi connectivity index (χ2v) is 12.0. The number of anilines is 2. The van der Waals surface area contributed by atoms with Gasteiger partial charge in [-0.1, -0.05) is 96.2 Å². The van der Waals surface area contributed by atoms with Gasteiger partial charge in [0.1, 0.15) is 0 Å². The van der Waals surface area contributed by atoms with Crippen LogP contribution < -0.4 is 15.8 Å². The Bertz CT molecular complexity index is 1740. The lowest BCUT2D eigenvalue weighted by atomic mass is 9.33. The minimum absolute atomic E-state index is 0.0494. The van der Waals surface area contributed by atoms with Crippen molar-refractivity contribution in [3.63, 3.8) is 0 Å². The highest BCUT2D eigenvalue weighted by atomic mass is 32.1. The van der Waals surface area contributed by atoms with Crippen molar-refractivity contribution in [3.8, 4) is 0 Å². The number of para-hydroxylation sites is 1. The van der Waals surface area contributed by atoms with Crippen LogP contribution >= 0.6 is 11.3 Å². The standard InChI is InChI=1S/C32H24BNS/c1-18-19-12-9-17-32(2)27(19)30-28-26(18)20-10-3-5-13-22(20)33(28)23-14-6-7-15-24(23)34(30)29-21-11-4-8-16-25(21)35-31(29)32/h3-11,13-18,30H,12H2,1-2H3. The summed E-state index contributed by atoms with van der Waals surface area (Å²) < 4.78 is 1.40. The molecule has 0 saturated carbocycles. The molecule has 0 saturated heterocycles. The summed E-state index contributed by atoms with van der Waals surface area (Å²) in [4.78, 5) is 4.27. The van der Waals surface area contributed by atoms with E-state index in [2.05, 4.69) is 104 Å². The van der Waals surface area contributed by atoms with Crippen molar-refractivity contribution in [1.82, 2.24) is 0 Å². The van der Waals surface area contributed by atoms with E-state index in [9.17, 15) is 0 Å². The molecule has 2 aliphatic carbocycles. The minimum atomic E-state index is -0.0494. The second kappa shape index (κ2) is 6.09. The number of rotatable bonds is 0. The molecule has 0 radical (unpaired) electrons. The molecule has 35 heavy (non-hydrogen) atoms. The molecule has 3 aromatic carbocycles. The van der Waals surface area contributed by atoms with Crippen molar-refractivity contribution in [2.45, 2.75) is 31.7 Å². The largest absolute Gasteiger partial charge is 0.330 e. The fourth-order valence-electron chi connectivity index (χ4n) is 8.18. The summed E-state index contributed by atoms with van der Waals surface area (Å²) in [7, 11) is 0. The molecule has 4 heterocycles. The number of nitrogens with zero attached hydrogens (tertiary/aromatic N) is 1. The van der Waals surface area contributed by atoms with Gasteiger partial charge in [-0.25, -0.2) is 0 Å². The maximum Gasteiger partial charge on any atom is 0.243 e. The van der Waals surface area contributed by atoms with Gasteiger partial charge in [-0.15, -0.1) is 11.3 Å². The Labute approximate surface area is 210 Å². The zero-order valence-corrected chi connectivity index (χ0v) is 20.7. The van der Waals surface area contributed by atoms with Crippen LogP contribution in [0.25, 0.3) is 15.7 Å². The summed E-state index contributed by atoms with van der Waals surface area (Å²) >= 11 is 2.00. The van der Waals surface area contributed by atoms with Crippen molar-refractivity contribution in [2.24, 2.45) is 5.92 Å². The van der Waals surface area contributed by atoms with Crippen LogP contribution in [0.2, 0.25) is 0 Å². The van der Waals surface area contributed by atoms with Crippen molar-refractivity contribution in [1.29, 1.82) is 0 Å². The van der Waals surface area contributed by atoms with E-state index >= 15 is 0 Å². The first-order chi connectivity index (χ1) is 17.2. The Morgan fingerprint density at radius 3 is 2.63 bits per heavy atom. The number of hydrogen-bond donors (Lipinski definition) is 0. The monoisotopic (exact) mass is 465 g/mol. The molecule has 3 atom stereocenters. The number of fused-ring (bicyclic) bond motifs is 11. The zero-order valence-electron chi connectivity index (χ0n) is 19.9. The quantitative estimate of drug-likeness (QED) is 0.211. The number of thiophene rings is 1. The molecule has 1 nitrogen and oxygen atoms in total. The molecular formula is C32H24BNS. The van der Waals surface area contributed by atoms with Gasteiger partial charge < -0.3 is 4.90 Å². The molecule has 0 spiro atoms. The van der Waals surface area contributed by atoms with Crippen molar-refractivity contribution >= 4 is 56.0 Å². The summed E-state index contributed by atoms with van der Waals surface area (Å²) in [6.07, 6.45) is 6.06. The van der Waals surface area contributed by atoms with Gasteiger partial charge in [0.05, 0.1) is 11.7 Å². The fraction of sp³-hybridized carbons (Fsp3) is 0.188. The third-order valence-electron chi connectivity index (χ3n) is 9.45. The number of allylic oxidation sites excluding steroid dienone is 4. The molecule has 0 bridgehead atoms. The Balaban J connectivity index is 1.50. The lowest BCUT2D eigenvalue weighted by Gasteiger charge is -2.55. The van der Waals surface area contributed by atoms with Crippen LogP contribution in [0, 0.1) is 5.92 Å². The van der Waals surface area contributed by atoms with E-state index in [4.69, 9.17) is 0 Å². The van der Waals surface area contributed by atoms with Crippen LogP contribution in [-0.4, -0.2) is 12.8 Å². The third kappa shape index (κ3) is 1.99. The molecule has 166 valence electrons. The van der Waals surface area contributed by atoms with Crippen molar-refractivity contribution in [2.75, 3.05) is 4.90 Å². The Morgan fingerprint density at radius 1 is 0.943 bits per heavy atom. The van der Waals surface area contributed by atoms with Gasteiger partial charge in [0, 0.05) is 32.0 Å². The lowest BCUT2D eigenvalue weighted by molar-refractivity contribution is 0.570. The Kier molecular flexibility index (Phi) is 3.30. The van der Waals surface area contributed by atoms with Gasteiger partial charge >= 0.3 is 0 Å². The summed E-state index contributed by atoms with van der Waals surface area (Å²) in [6, 6.07) is 27.8. The second-order valence-electron chi connectivity index (χ2n) is 11.0. The van der Waals surface area contributed by atoms with Gasteiger partial charge in [-0.2, -0.15) is 0 Å². The first-order valence-electron chi connectivity index (χ1n) is 12.8. The Hall–Kier alpha value is -3.30. The van der Waals surface area contributed by atoms with E-state index in [0.29, 0.717) is 18.7 Å². The molecule has 0 fully saturated rings. The SMILES string of the molecule is CC1C2=C3C4C5=C1c1ccccc1B5c1ccccc1N4c1c(sc4ccccc14)C3(C)C=CC2. The first-order valence-corrected chi connectivity index (χ1v) is 13.6. The minimum Gasteiger partial charge on any atom is -0.330 e. The summed E-state index contributed by atoms with van der Waals surface area (Å²) in [5.74, 6) is 0.453. The lowest BCUT2D eigenvalue weighted by Crippen LogP contribution is -2.60. The van der Waals surface area contributed by atoms with Gasteiger partial charge in [-0.3, -0.25) is 0 Å². The number of benzene rings is 3. The maximum atomic E-state index is 2.75. The molecule has 4 aromatic rings. The van der Waals surface area contributed by atoms with Crippen LogP contribution in [-0.2, 0) is 5.41 Å². The van der Waals surface area contributed by atoms with E-state index < -0.39 is 0 Å². The molecule has 0 N–H and O–H groups in total. The van der Waals surface area contributed by atoms with Crippen molar-refractivity contribution in [3.05, 3.63) is 112 Å². The highest BCUT2D eigenvalue weighted by Gasteiger charge is 2.58. The summed E-state index contributed by atoms with van der Waals surface area (Å²) in [6.45, 7) is 5.33. The normalized spacial score (nSPS) is 26.7. The predicted molar refractivity (Wildman–Crippen MR) is 150 cm³/mol.